The van der Waals surface area contributed by atoms with Gasteiger partial charge in [-0.15, -0.1) is 0 Å². The number of aryl methyl sites for hydroxylation is 1. The van der Waals surface area contributed by atoms with Gasteiger partial charge in [0.25, 0.3) is 5.91 Å². The Morgan fingerprint density at radius 3 is 2.72 bits per heavy atom. The molecule has 2 aromatic carbocycles. The predicted octanol–water partition coefficient (Wildman–Crippen LogP) is 4.52. The number of carbonyl (C=O) groups is 1. The van der Waals surface area contributed by atoms with Crippen LogP contribution in [0.1, 0.15) is 21.5 Å². The molecule has 0 saturated carbocycles. The van der Waals surface area contributed by atoms with E-state index < -0.39 is 0 Å². The van der Waals surface area contributed by atoms with Gasteiger partial charge in [-0.3, -0.25) is 14.5 Å². The number of hydrogen-bond acceptors (Lipinski definition) is 5. The van der Waals surface area contributed by atoms with Crippen molar-refractivity contribution in [2.75, 3.05) is 7.11 Å². The Hall–Kier alpha value is -4.13. The van der Waals surface area contributed by atoms with E-state index in [1.54, 1.807) is 36.3 Å². The van der Waals surface area contributed by atoms with Gasteiger partial charge in [0, 0.05) is 48.7 Å². The summed E-state index contributed by atoms with van der Waals surface area (Å²) in [6, 6.07) is 16.7. The minimum atomic E-state index is -0.165. The highest BCUT2D eigenvalue weighted by Gasteiger charge is 2.14. The number of methoxy groups -OCH3 is 1. The molecular weight excluding hydrogens is 404 g/mol. The van der Waals surface area contributed by atoms with Crippen LogP contribution in [0.15, 0.2) is 73.2 Å². The number of benzene rings is 2. The van der Waals surface area contributed by atoms with Gasteiger partial charge < -0.3 is 14.8 Å². The van der Waals surface area contributed by atoms with E-state index in [2.05, 4.69) is 15.4 Å². The zero-order valence-electron chi connectivity index (χ0n) is 18.2. The summed E-state index contributed by atoms with van der Waals surface area (Å²) < 4.78 is 13.1. The van der Waals surface area contributed by atoms with Crippen LogP contribution in [-0.4, -0.2) is 27.8 Å². The van der Waals surface area contributed by atoms with Crippen LogP contribution in [0.5, 0.6) is 17.2 Å². The van der Waals surface area contributed by atoms with E-state index in [0.717, 1.165) is 28.1 Å². The molecule has 2 heterocycles. The second-order valence-electron chi connectivity index (χ2n) is 7.34. The van der Waals surface area contributed by atoms with Gasteiger partial charge in [0.1, 0.15) is 17.2 Å². The average Bonchev–Trinajstić information content (AvgIpc) is 3.25. The largest absolute Gasteiger partial charge is 0.497 e. The Labute approximate surface area is 186 Å². The molecule has 7 nitrogen and oxygen atoms in total. The van der Waals surface area contributed by atoms with E-state index in [9.17, 15) is 4.79 Å². The Balaban J connectivity index is 1.49. The minimum absolute atomic E-state index is 0.165. The van der Waals surface area contributed by atoms with Crippen molar-refractivity contribution in [2.45, 2.75) is 13.5 Å². The number of ether oxygens (including phenoxy) is 2. The van der Waals surface area contributed by atoms with Crippen LogP contribution < -0.4 is 14.8 Å². The molecule has 0 aliphatic carbocycles. The minimum Gasteiger partial charge on any atom is -0.497 e. The smallest absolute Gasteiger partial charge is 0.251 e. The van der Waals surface area contributed by atoms with Gasteiger partial charge in [0.15, 0.2) is 0 Å². The van der Waals surface area contributed by atoms with E-state index >= 15 is 0 Å². The van der Waals surface area contributed by atoms with Crippen LogP contribution in [0.3, 0.4) is 0 Å². The van der Waals surface area contributed by atoms with Crippen molar-refractivity contribution in [3.05, 3.63) is 89.9 Å². The number of hydrogen-bond donors (Lipinski definition) is 1. The molecule has 0 spiro atoms. The number of carbonyl (C=O) groups excluding carboxylic acids is 1. The number of amides is 1. The molecule has 7 heteroatoms. The highest BCUT2D eigenvalue weighted by Crippen LogP contribution is 2.29. The first-order valence-corrected chi connectivity index (χ1v) is 10.2. The summed E-state index contributed by atoms with van der Waals surface area (Å²) in [4.78, 5) is 17.2. The molecule has 0 aliphatic heterocycles. The van der Waals surface area contributed by atoms with Gasteiger partial charge in [-0.25, -0.2) is 0 Å². The Morgan fingerprint density at radius 2 is 1.94 bits per heavy atom. The molecule has 0 bridgehead atoms. The highest BCUT2D eigenvalue weighted by atomic mass is 16.5. The lowest BCUT2D eigenvalue weighted by atomic mass is 10.1. The van der Waals surface area contributed by atoms with Crippen molar-refractivity contribution in [3.8, 4) is 28.5 Å². The van der Waals surface area contributed by atoms with E-state index in [1.165, 1.54) is 0 Å². The van der Waals surface area contributed by atoms with Gasteiger partial charge in [-0.1, -0.05) is 18.2 Å². The molecule has 1 amide bonds. The first-order valence-electron chi connectivity index (χ1n) is 10.2. The van der Waals surface area contributed by atoms with Crippen molar-refractivity contribution in [1.29, 1.82) is 0 Å². The molecule has 0 unspecified atom stereocenters. The summed E-state index contributed by atoms with van der Waals surface area (Å²) in [6.07, 6.45) is 5.34. The van der Waals surface area contributed by atoms with Gasteiger partial charge in [-0.2, -0.15) is 5.10 Å². The Kier molecular flexibility index (Phi) is 6.17. The lowest BCUT2D eigenvalue weighted by Gasteiger charge is -2.13. The van der Waals surface area contributed by atoms with Crippen LogP contribution >= 0.6 is 0 Å². The maximum atomic E-state index is 12.8. The first kappa shape index (κ1) is 21.1. The average molecular weight is 428 g/mol. The monoisotopic (exact) mass is 428 g/mol. The third-order valence-electron chi connectivity index (χ3n) is 5.08. The molecule has 0 radical (unpaired) electrons. The maximum Gasteiger partial charge on any atom is 0.251 e. The summed E-state index contributed by atoms with van der Waals surface area (Å²) in [7, 11) is 3.48. The molecule has 0 aliphatic rings. The number of pyridine rings is 1. The molecule has 4 rings (SSSR count). The number of nitrogens with zero attached hydrogens (tertiary/aromatic N) is 3. The van der Waals surface area contributed by atoms with Crippen molar-refractivity contribution in [1.82, 2.24) is 20.1 Å². The predicted molar refractivity (Wildman–Crippen MR) is 122 cm³/mol. The fraction of sp³-hybridized carbons (Fsp3) is 0.160. The lowest BCUT2D eigenvalue weighted by molar-refractivity contribution is 0.0950. The van der Waals surface area contributed by atoms with Crippen molar-refractivity contribution in [2.24, 2.45) is 7.05 Å². The molecule has 0 saturated heterocycles. The summed E-state index contributed by atoms with van der Waals surface area (Å²) in [5, 5.41) is 7.15. The van der Waals surface area contributed by atoms with E-state index in [0.29, 0.717) is 23.6 Å². The molecular formula is C25H24N4O3. The molecule has 0 atom stereocenters. The molecule has 162 valence electrons. The maximum absolute atomic E-state index is 12.8. The number of aromatic nitrogens is 3. The fourth-order valence-corrected chi connectivity index (χ4v) is 3.34. The zero-order chi connectivity index (χ0) is 22.5. The molecule has 1 N–H and O–H groups in total. The van der Waals surface area contributed by atoms with Crippen molar-refractivity contribution >= 4 is 5.91 Å². The van der Waals surface area contributed by atoms with Crippen LogP contribution in [0.25, 0.3) is 11.3 Å². The molecule has 4 aromatic rings. The van der Waals surface area contributed by atoms with Crippen LogP contribution in [0, 0.1) is 6.92 Å². The van der Waals surface area contributed by atoms with Crippen LogP contribution in [0.4, 0.5) is 0 Å². The van der Waals surface area contributed by atoms with Crippen LogP contribution in [0.2, 0.25) is 0 Å². The molecule has 0 fully saturated rings. The number of nitrogens with one attached hydrogen (secondary N) is 1. The van der Waals surface area contributed by atoms with Crippen molar-refractivity contribution < 1.29 is 14.3 Å². The summed E-state index contributed by atoms with van der Waals surface area (Å²) in [6.45, 7) is 2.28. The van der Waals surface area contributed by atoms with Gasteiger partial charge >= 0.3 is 0 Å². The van der Waals surface area contributed by atoms with Gasteiger partial charge in [-0.05, 0) is 42.8 Å². The zero-order valence-corrected chi connectivity index (χ0v) is 18.2. The van der Waals surface area contributed by atoms with Gasteiger partial charge in [0.2, 0.25) is 0 Å². The second kappa shape index (κ2) is 9.34. The normalized spacial score (nSPS) is 10.6. The lowest BCUT2D eigenvalue weighted by Crippen LogP contribution is -2.23. The fourth-order valence-electron chi connectivity index (χ4n) is 3.34. The quantitative estimate of drug-likeness (QED) is 0.468. The Morgan fingerprint density at radius 1 is 1.09 bits per heavy atom. The van der Waals surface area contributed by atoms with E-state index in [-0.39, 0.29) is 5.91 Å². The Bertz CT molecular complexity index is 1250. The first-order chi connectivity index (χ1) is 15.5. The summed E-state index contributed by atoms with van der Waals surface area (Å²) in [5.41, 5.74) is 3.95. The molecule has 32 heavy (non-hydrogen) atoms. The van der Waals surface area contributed by atoms with Crippen LogP contribution in [-0.2, 0) is 13.6 Å². The van der Waals surface area contributed by atoms with Gasteiger partial charge in [0.05, 0.1) is 19.0 Å². The standard InChI is InChI=1S/C25H24N4O3/c1-17-22(25(30)27-14-18-6-4-7-20(12-18)31-3)8-5-9-24(17)32-21-10-11-26-23(13-21)19-15-28-29(2)16-19/h4-13,15-16H,14H2,1-3H3,(H,27,30). The summed E-state index contributed by atoms with van der Waals surface area (Å²) in [5.74, 6) is 1.84. The van der Waals surface area contributed by atoms with E-state index in [4.69, 9.17) is 9.47 Å². The SMILES string of the molecule is COc1cccc(CNC(=O)c2cccc(Oc3ccnc(-c4cnn(C)c4)c3)c2C)c1. The summed E-state index contributed by atoms with van der Waals surface area (Å²) >= 11 is 0. The van der Waals surface area contributed by atoms with E-state index in [1.807, 2.05) is 62.6 Å². The molecule has 2 aromatic heterocycles. The third kappa shape index (κ3) is 4.78. The topological polar surface area (TPSA) is 78.3 Å². The number of rotatable bonds is 7. The van der Waals surface area contributed by atoms with Crippen molar-refractivity contribution in [3.63, 3.8) is 0 Å². The highest BCUT2D eigenvalue weighted by molar-refractivity contribution is 5.96. The third-order valence-corrected chi connectivity index (χ3v) is 5.08. The second-order valence-corrected chi connectivity index (χ2v) is 7.34.